The van der Waals surface area contributed by atoms with Gasteiger partial charge in [-0.2, -0.15) is 0 Å². The number of hydrogen-bond donors (Lipinski definition) is 2. The molecule has 1 amide bonds. The van der Waals surface area contributed by atoms with Crippen molar-refractivity contribution in [2.24, 2.45) is 4.99 Å². The number of piperidine rings is 1. The maximum Gasteiger partial charge on any atom is 0.227 e. The number of likely N-dealkylation sites (tertiary alicyclic amines) is 1. The molecule has 2 saturated heterocycles. The van der Waals surface area contributed by atoms with Crippen LogP contribution in [0.2, 0.25) is 0 Å². The van der Waals surface area contributed by atoms with Crippen molar-refractivity contribution in [1.82, 2.24) is 15.2 Å². The molecule has 8 nitrogen and oxygen atoms in total. The van der Waals surface area contributed by atoms with Gasteiger partial charge in [0.2, 0.25) is 5.91 Å². The Morgan fingerprint density at radius 3 is 2.83 bits per heavy atom. The van der Waals surface area contributed by atoms with Gasteiger partial charge < -0.3 is 25.0 Å². The Bertz CT molecular complexity index is 698. The molecule has 8 heteroatoms. The van der Waals surface area contributed by atoms with Crippen molar-refractivity contribution >= 4 is 17.7 Å². The van der Waals surface area contributed by atoms with Crippen LogP contribution in [0.4, 0.5) is 5.82 Å². The maximum atomic E-state index is 12.1. The summed E-state index contributed by atoms with van der Waals surface area (Å²) < 4.78 is 11.8. The van der Waals surface area contributed by atoms with Crippen molar-refractivity contribution in [3.63, 3.8) is 0 Å². The normalized spacial score (nSPS) is 20.8. The molecule has 1 aromatic rings. The lowest BCUT2D eigenvalue weighted by Gasteiger charge is -2.35. The van der Waals surface area contributed by atoms with Gasteiger partial charge in [-0.05, 0) is 51.2 Å². The first-order chi connectivity index (χ1) is 14.6. The SMILES string of the molecule is CN=C(NCCC(=O)Nc1cccc(C)n1)N1CCC(OCC2CCCCO2)CC1. The minimum Gasteiger partial charge on any atom is -0.376 e. The summed E-state index contributed by atoms with van der Waals surface area (Å²) in [6.45, 7) is 5.81. The molecule has 1 atom stereocenters. The molecule has 2 aliphatic heterocycles. The monoisotopic (exact) mass is 417 g/mol. The molecule has 0 spiro atoms. The molecule has 0 saturated carbocycles. The zero-order chi connectivity index (χ0) is 21.2. The van der Waals surface area contributed by atoms with Crippen LogP contribution in [0.1, 0.15) is 44.2 Å². The van der Waals surface area contributed by atoms with Crippen LogP contribution in [0.25, 0.3) is 0 Å². The van der Waals surface area contributed by atoms with Crippen LogP contribution in [0, 0.1) is 6.92 Å². The van der Waals surface area contributed by atoms with Gasteiger partial charge in [-0.25, -0.2) is 4.98 Å². The summed E-state index contributed by atoms with van der Waals surface area (Å²) in [5.41, 5.74) is 0.880. The van der Waals surface area contributed by atoms with Crippen LogP contribution in [0.15, 0.2) is 23.2 Å². The van der Waals surface area contributed by atoms with Crippen molar-refractivity contribution < 1.29 is 14.3 Å². The number of ether oxygens (including phenoxy) is 2. The molecule has 166 valence electrons. The van der Waals surface area contributed by atoms with Crippen molar-refractivity contribution in [3.05, 3.63) is 23.9 Å². The number of pyridine rings is 1. The average molecular weight is 418 g/mol. The van der Waals surface area contributed by atoms with Crippen LogP contribution in [-0.2, 0) is 14.3 Å². The number of nitrogens with zero attached hydrogens (tertiary/aromatic N) is 3. The number of carbonyl (C=O) groups is 1. The molecular weight excluding hydrogens is 382 g/mol. The van der Waals surface area contributed by atoms with E-state index in [1.54, 1.807) is 13.1 Å². The average Bonchev–Trinajstić information content (AvgIpc) is 2.76. The zero-order valence-electron chi connectivity index (χ0n) is 18.2. The van der Waals surface area contributed by atoms with Gasteiger partial charge in [0, 0.05) is 45.4 Å². The number of carbonyl (C=O) groups excluding carboxylic acids is 1. The molecule has 0 aliphatic carbocycles. The van der Waals surface area contributed by atoms with Crippen LogP contribution < -0.4 is 10.6 Å². The van der Waals surface area contributed by atoms with Gasteiger partial charge in [0.1, 0.15) is 5.82 Å². The second-order valence-corrected chi connectivity index (χ2v) is 7.94. The second kappa shape index (κ2) is 11.9. The first-order valence-electron chi connectivity index (χ1n) is 11.1. The third kappa shape index (κ3) is 7.25. The highest BCUT2D eigenvalue weighted by Gasteiger charge is 2.23. The summed E-state index contributed by atoms with van der Waals surface area (Å²) in [6, 6.07) is 5.58. The van der Waals surface area contributed by atoms with E-state index in [2.05, 4.69) is 25.5 Å². The summed E-state index contributed by atoms with van der Waals surface area (Å²) >= 11 is 0. The number of anilines is 1. The van der Waals surface area contributed by atoms with E-state index in [0.717, 1.165) is 50.6 Å². The fourth-order valence-corrected chi connectivity index (χ4v) is 3.85. The third-order valence-corrected chi connectivity index (χ3v) is 5.54. The van der Waals surface area contributed by atoms with E-state index >= 15 is 0 Å². The molecule has 0 radical (unpaired) electrons. The summed E-state index contributed by atoms with van der Waals surface area (Å²) in [4.78, 5) is 23.0. The number of aliphatic imine (C=N–C) groups is 1. The van der Waals surface area contributed by atoms with Gasteiger partial charge in [-0.3, -0.25) is 9.79 Å². The van der Waals surface area contributed by atoms with Crippen LogP contribution in [-0.4, -0.2) is 73.9 Å². The molecule has 0 bridgehead atoms. The summed E-state index contributed by atoms with van der Waals surface area (Å²) in [5, 5.41) is 6.13. The van der Waals surface area contributed by atoms with Gasteiger partial charge in [-0.1, -0.05) is 6.07 Å². The Hall–Kier alpha value is -2.19. The molecule has 1 aromatic heterocycles. The Labute approximate surface area is 179 Å². The van der Waals surface area contributed by atoms with Crippen molar-refractivity contribution in [1.29, 1.82) is 0 Å². The molecule has 1 unspecified atom stereocenters. The lowest BCUT2D eigenvalue weighted by Crippen LogP contribution is -2.47. The van der Waals surface area contributed by atoms with Gasteiger partial charge in [0.15, 0.2) is 5.96 Å². The van der Waals surface area contributed by atoms with Crippen LogP contribution >= 0.6 is 0 Å². The highest BCUT2D eigenvalue weighted by atomic mass is 16.5. The van der Waals surface area contributed by atoms with E-state index in [4.69, 9.17) is 9.47 Å². The lowest BCUT2D eigenvalue weighted by molar-refractivity contribution is -0.116. The van der Waals surface area contributed by atoms with E-state index < -0.39 is 0 Å². The fourth-order valence-electron chi connectivity index (χ4n) is 3.85. The summed E-state index contributed by atoms with van der Waals surface area (Å²) in [6.07, 6.45) is 6.41. The first kappa shape index (κ1) is 22.5. The van der Waals surface area contributed by atoms with E-state index in [0.29, 0.717) is 25.4 Å². The third-order valence-electron chi connectivity index (χ3n) is 5.54. The lowest BCUT2D eigenvalue weighted by atomic mass is 10.1. The van der Waals surface area contributed by atoms with Gasteiger partial charge >= 0.3 is 0 Å². The first-order valence-corrected chi connectivity index (χ1v) is 11.1. The van der Waals surface area contributed by atoms with E-state index in [1.165, 1.54) is 12.8 Å². The molecule has 2 aliphatic rings. The number of aryl methyl sites for hydroxylation is 1. The Morgan fingerprint density at radius 1 is 1.30 bits per heavy atom. The Balaban J connectivity index is 1.32. The molecule has 2 N–H and O–H groups in total. The highest BCUT2D eigenvalue weighted by Crippen LogP contribution is 2.18. The highest BCUT2D eigenvalue weighted by molar-refractivity contribution is 5.90. The van der Waals surface area contributed by atoms with Gasteiger partial charge in [-0.15, -0.1) is 0 Å². The predicted octanol–water partition coefficient (Wildman–Crippen LogP) is 2.34. The van der Waals surface area contributed by atoms with Crippen molar-refractivity contribution in [2.45, 2.75) is 57.7 Å². The van der Waals surface area contributed by atoms with E-state index in [9.17, 15) is 4.79 Å². The number of aromatic nitrogens is 1. The van der Waals surface area contributed by atoms with E-state index in [-0.39, 0.29) is 18.1 Å². The number of hydrogen-bond acceptors (Lipinski definition) is 5. The Morgan fingerprint density at radius 2 is 2.13 bits per heavy atom. The molecule has 2 fully saturated rings. The van der Waals surface area contributed by atoms with Crippen molar-refractivity contribution in [3.8, 4) is 0 Å². The zero-order valence-corrected chi connectivity index (χ0v) is 18.2. The largest absolute Gasteiger partial charge is 0.376 e. The standard InChI is InChI=1S/C22H35N5O3/c1-17-6-5-8-20(25-17)26-21(28)9-12-24-22(23-2)27-13-10-18(11-14-27)30-16-19-7-3-4-15-29-19/h5-6,8,18-19H,3-4,7,9-16H2,1-2H3,(H,23,24)(H,25,26,28). The Kier molecular flexibility index (Phi) is 8.89. The number of rotatable bonds is 7. The summed E-state index contributed by atoms with van der Waals surface area (Å²) in [7, 11) is 1.78. The van der Waals surface area contributed by atoms with E-state index in [1.807, 2.05) is 19.1 Å². The smallest absolute Gasteiger partial charge is 0.227 e. The number of amides is 1. The summed E-state index contributed by atoms with van der Waals surface area (Å²) in [5.74, 6) is 1.36. The minimum absolute atomic E-state index is 0.0620. The maximum absolute atomic E-state index is 12.1. The van der Waals surface area contributed by atoms with Crippen LogP contribution in [0.5, 0.6) is 0 Å². The fraction of sp³-hybridized carbons (Fsp3) is 0.682. The second-order valence-electron chi connectivity index (χ2n) is 7.94. The number of nitrogens with one attached hydrogen (secondary N) is 2. The quantitative estimate of drug-likeness (QED) is 0.523. The molecule has 3 heterocycles. The molecule has 30 heavy (non-hydrogen) atoms. The molecular formula is C22H35N5O3. The predicted molar refractivity (Wildman–Crippen MR) is 118 cm³/mol. The van der Waals surface area contributed by atoms with Gasteiger partial charge in [0.05, 0.1) is 18.8 Å². The van der Waals surface area contributed by atoms with Gasteiger partial charge in [0.25, 0.3) is 0 Å². The van der Waals surface area contributed by atoms with Crippen molar-refractivity contribution in [2.75, 3.05) is 45.2 Å². The number of guanidine groups is 1. The molecule has 3 rings (SSSR count). The molecule has 0 aromatic carbocycles. The van der Waals surface area contributed by atoms with Crippen LogP contribution in [0.3, 0.4) is 0 Å². The minimum atomic E-state index is -0.0620. The topological polar surface area (TPSA) is 88.1 Å².